The summed E-state index contributed by atoms with van der Waals surface area (Å²) >= 11 is 0. The number of ether oxygens (including phenoxy) is 3. The molecule has 0 aromatic carbocycles. The largest absolute Gasteiger partial charge is 0.462 e. The van der Waals surface area contributed by atoms with E-state index in [1.54, 1.807) is 0 Å². The zero-order valence-corrected chi connectivity index (χ0v) is 39.7. The maximum Gasteiger partial charge on any atom is 0.306 e. The van der Waals surface area contributed by atoms with Gasteiger partial charge in [-0.1, -0.05) is 189 Å². The Morgan fingerprint density at radius 3 is 1.18 bits per heavy atom. The summed E-state index contributed by atoms with van der Waals surface area (Å²) in [5, 5.41) is 0. The van der Waals surface area contributed by atoms with Gasteiger partial charge in [-0.2, -0.15) is 0 Å². The second kappa shape index (κ2) is 49.2. The molecule has 0 heterocycles. The summed E-state index contributed by atoms with van der Waals surface area (Å²) in [5.41, 5.74) is 0. The number of carbonyl (C=O) groups is 3. The topological polar surface area (TPSA) is 78.9 Å². The van der Waals surface area contributed by atoms with E-state index in [9.17, 15) is 14.4 Å². The predicted octanol–water partition coefficient (Wildman–Crippen LogP) is 16.4. The molecule has 0 aromatic heterocycles. The number of esters is 3. The van der Waals surface area contributed by atoms with E-state index in [-0.39, 0.29) is 31.1 Å². The lowest BCUT2D eigenvalue weighted by Gasteiger charge is -2.18. The standard InChI is InChI=1S/C55H92O6/c1-4-7-10-13-16-19-22-24-26-28-30-33-36-39-42-45-48-54(57)60-51-52(50-59-53(56)47-44-41-38-35-32-21-18-15-12-9-6-3)61-55(58)49-46-43-40-37-34-31-29-27-25-23-20-17-14-11-8-5-2/h7,10,15-16,18-19,21,24,26-27,29-30,32-33,52H,4-6,8-9,11-14,17,20,22-23,25,28,31,34-51H2,1-3H3/b10-7-,18-15-,19-16-,26-24-,29-27-,32-21-,33-30-. The van der Waals surface area contributed by atoms with Crippen molar-refractivity contribution in [2.75, 3.05) is 13.2 Å². The second-order valence-electron chi connectivity index (χ2n) is 16.4. The van der Waals surface area contributed by atoms with Gasteiger partial charge in [0.2, 0.25) is 0 Å². The van der Waals surface area contributed by atoms with E-state index in [1.807, 2.05) is 0 Å². The third-order valence-electron chi connectivity index (χ3n) is 10.4. The summed E-state index contributed by atoms with van der Waals surface area (Å²) in [6.07, 6.45) is 62.8. The van der Waals surface area contributed by atoms with Gasteiger partial charge in [-0.15, -0.1) is 0 Å². The van der Waals surface area contributed by atoms with Gasteiger partial charge >= 0.3 is 17.9 Å². The van der Waals surface area contributed by atoms with E-state index < -0.39 is 6.10 Å². The first kappa shape index (κ1) is 57.6. The summed E-state index contributed by atoms with van der Waals surface area (Å²) < 4.78 is 16.7. The van der Waals surface area contributed by atoms with Crippen LogP contribution in [0.1, 0.15) is 226 Å². The quantitative estimate of drug-likeness (QED) is 0.0200. The van der Waals surface area contributed by atoms with Crippen molar-refractivity contribution in [3.8, 4) is 0 Å². The molecule has 0 N–H and O–H groups in total. The Kier molecular flexibility index (Phi) is 46.5. The summed E-state index contributed by atoms with van der Waals surface area (Å²) in [7, 11) is 0. The van der Waals surface area contributed by atoms with Gasteiger partial charge in [-0.05, 0) is 103 Å². The van der Waals surface area contributed by atoms with Crippen LogP contribution in [0.5, 0.6) is 0 Å². The van der Waals surface area contributed by atoms with E-state index >= 15 is 0 Å². The Bertz CT molecular complexity index is 1200. The molecule has 6 heteroatoms. The lowest BCUT2D eigenvalue weighted by Crippen LogP contribution is -2.30. The fourth-order valence-corrected chi connectivity index (χ4v) is 6.58. The van der Waals surface area contributed by atoms with Gasteiger partial charge < -0.3 is 14.2 Å². The number of rotatable bonds is 44. The average Bonchev–Trinajstić information content (AvgIpc) is 3.26. The monoisotopic (exact) mass is 849 g/mol. The average molecular weight is 849 g/mol. The normalized spacial score (nSPS) is 12.8. The molecule has 0 aromatic rings. The maximum atomic E-state index is 12.8. The van der Waals surface area contributed by atoms with Crippen molar-refractivity contribution in [2.24, 2.45) is 0 Å². The number of hydrogen-bond donors (Lipinski definition) is 0. The molecule has 1 unspecified atom stereocenters. The Hall–Kier alpha value is -3.41. The van der Waals surface area contributed by atoms with Crippen molar-refractivity contribution in [1.29, 1.82) is 0 Å². The molecular weight excluding hydrogens is 757 g/mol. The van der Waals surface area contributed by atoms with E-state index in [2.05, 4.69) is 106 Å². The molecule has 0 aliphatic heterocycles. The Labute approximate surface area is 375 Å². The van der Waals surface area contributed by atoms with Gasteiger partial charge in [0, 0.05) is 19.3 Å². The van der Waals surface area contributed by atoms with Crippen molar-refractivity contribution in [3.63, 3.8) is 0 Å². The first-order valence-corrected chi connectivity index (χ1v) is 25.1. The highest BCUT2D eigenvalue weighted by Crippen LogP contribution is 2.13. The molecule has 0 rings (SSSR count). The molecule has 0 bridgehead atoms. The van der Waals surface area contributed by atoms with Crippen LogP contribution in [0.25, 0.3) is 0 Å². The summed E-state index contributed by atoms with van der Waals surface area (Å²) in [6.45, 7) is 6.40. The molecule has 1 atom stereocenters. The third-order valence-corrected chi connectivity index (χ3v) is 10.4. The van der Waals surface area contributed by atoms with Gasteiger partial charge in [0.05, 0.1) is 0 Å². The molecule has 0 saturated carbocycles. The molecule has 0 saturated heterocycles. The summed E-state index contributed by atoms with van der Waals surface area (Å²) in [6, 6.07) is 0. The highest BCUT2D eigenvalue weighted by molar-refractivity contribution is 5.71. The van der Waals surface area contributed by atoms with E-state index in [0.29, 0.717) is 19.3 Å². The van der Waals surface area contributed by atoms with Crippen LogP contribution in [0.15, 0.2) is 85.1 Å². The van der Waals surface area contributed by atoms with Crippen LogP contribution < -0.4 is 0 Å². The Morgan fingerprint density at radius 2 is 0.705 bits per heavy atom. The van der Waals surface area contributed by atoms with Crippen LogP contribution >= 0.6 is 0 Å². The molecule has 0 aliphatic carbocycles. The zero-order chi connectivity index (χ0) is 44.4. The Balaban J connectivity index is 4.47. The van der Waals surface area contributed by atoms with Crippen LogP contribution in [-0.2, 0) is 28.6 Å². The summed E-state index contributed by atoms with van der Waals surface area (Å²) in [4.78, 5) is 37.9. The maximum absolute atomic E-state index is 12.8. The van der Waals surface area contributed by atoms with Crippen LogP contribution in [0.3, 0.4) is 0 Å². The molecule has 0 fully saturated rings. The van der Waals surface area contributed by atoms with Crippen molar-refractivity contribution in [1.82, 2.24) is 0 Å². The SMILES string of the molecule is CC/C=C\C/C=C\C/C=C\C/C=C\CCCCCC(=O)OCC(COC(=O)CCCCC/C=C\C=C/CCCC)OC(=O)CCCCCCC/C=C\CCCCCCCCC. The van der Waals surface area contributed by atoms with E-state index in [4.69, 9.17) is 14.2 Å². The highest BCUT2D eigenvalue weighted by Gasteiger charge is 2.19. The fraction of sp³-hybridized carbons (Fsp3) is 0.691. The molecule has 0 amide bonds. The number of allylic oxidation sites excluding steroid dienone is 14. The van der Waals surface area contributed by atoms with Crippen molar-refractivity contribution in [2.45, 2.75) is 232 Å². The minimum Gasteiger partial charge on any atom is -0.462 e. The third kappa shape index (κ3) is 47.5. The molecular formula is C55H92O6. The first-order chi connectivity index (χ1) is 30.0. The van der Waals surface area contributed by atoms with E-state index in [0.717, 1.165) is 116 Å². The zero-order valence-electron chi connectivity index (χ0n) is 39.7. The summed E-state index contributed by atoms with van der Waals surface area (Å²) in [5.74, 6) is -0.973. The molecule has 6 nitrogen and oxygen atoms in total. The molecule has 348 valence electrons. The van der Waals surface area contributed by atoms with Gasteiger partial charge in [0.25, 0.3) is 0 Å². The molecule has 61 heavy (non-hydrogen) atoms. The number of unbranched alkanes of at least 4 members (excludes halogenated alkanes) is 20. The first-order valence-electron chi connectivity index (χ1n) is 25.1. The molecule has 0 aliphatic rings. The van der Waals surface area contributed by atoms with E-state index in [1.165, 1.54) is 70.6 Å². The molecule has 0 radical (unpaired) electrons. The molecule has 0 spiro atoms. The fourth-order valence-electron chi connectivity index (χ4n) is 6.58. The lowest BCUT2D eigenvalue weighted by molar-refractivity contribution is -0.167. The van der Waals surface area contributed by atoms with Gasteiger partial charge in [0.15, 0.2) is 6.10 Å². The lowest BCUT2D eigenvalue weighted by atomic mass is 10.1. The minimum absolute atomic E-state index is 0.105. The van der Waals surface area contributed by atoms with Crippen LogP contribution in [0, 0.1) is 0 Å². The second-order valence-corrected chi connectivity index (χ2v) is 16.4. The van der Waals surface area contributed by atoms with Crippen molar-refractivity contribution < 1.29 is 28.6 Å². The Morgan fingerprint density at radius 1 is 0.361 bits per heavy atom. The van der Waals surface area contributed by atoms with Crippen molar-refractivity contribution >= 4 is 17.9 Å². The van der Waals surface area contributed by atoms with Crippen LogP contribution in [0.4, 0.5) is 0 Å². The van der Waals surface area contributed by atoms with Gasteiger partial charge in [-0.25, -0.2) is 0 Å². The van der Waals surface area contributed by atoms with Gasteiger partial charge in [0.1, 0.15) is 13.2 Å². The number of hydrogen-bond acceptors (Lipinski definition) is 6. The van der Waals surface area contributed by atoms with Crippen LogP contribution in [0.2, 0.25) is 0 Å². The highest BCUT2D eigenvalue weighted by atomic mass is 16.6. The predicted molar refractivity (Wildman–Crippen MR) is 261 cm³/mol. The minimum atomic E-state index is -0.804. The van der Waals surface area contributed by atoms with Crippen molar-refractivity contribution in [3.05, 3.63) is 85.1 Å². The van der Waals surface area contributed by atoms with Crippen LogP contribution in [-0.4, -0.2) is 37.2 Å². The number of carbonyl (C=O) groups excluding carboxylic acids is 3. The smallest absolute Gasteiger partial charge is 0.306 e. The van der Waals surface area contributed by atoms with Gasteiger partial charge in [-0.3, -0.25) is 14.4 Å².